The molecule has 0 saturated heterocycles. The van der Waals surface area contributed by atoms with E-state index in [0.717, 1.165) is 11.1 Å². The van der Waals surface area contributed by atoms with Crippen molar-refractivity contribution < 1.29 is 61.9 Å². The number of benzene rings is 3. The molecule has 398 valence electrons. The first kappa shape index (κ1) is 57.1. The van der Waals surface area contributed by atoms with Gasteiger partial charge in [0, 0.05) is 32.2 Å². The minimum Gasteiger partial charge on any atom is -0.497 e. The second-order valence-corrected chi connectivity index (χ2v) is 17.7. The van der Waals surface area contributed by atoms with E-state index in [2.05, 4.69) is 36.8 Å². The molecule has 5 amide bonds. The summed E-state index contributed by atoms with van der Waals surface area (Å²) in [6.45, 7) is 6.59. The molecule has 0 bridgehead atoms. The van der Waals surface area contributed by atoms with Crippen molar-refractivity contribution in [1.82, 2.24) is 35.5 Å². The number of anilines is 2. The molecule has 0 fully saturated rings. The third-order valence-electron chi connectivity index (χ3n) is 10.9. The van der Waals surface area contributed by atoms with Gasteiger partial charge in [-0.05, 0) is 81.0 Å². The zero-order chi connectivity index (χ0) is 53.5. The summed E-state index contributed by atoms with van der Waals surface area (Å²) >= 11 is 0. The molecule has 5 aromatic rings. The van der Waals surface area contributed by atoms with Crippen molar-refractivity contribution in [2.24, 2.45) is 0 Å². The lowest BCUT2D eigenvalue weighted by molar-refractivity contribution is -0.127. The predicted octanol–water partition coefficient (Wildman–Crippen LogP) is 4.76. The van der Waals surface area contributed by atoms with Crippen molar-refractivity contribution in [1.29, 1.82) is 0 Å². The van der Waals surface area contributed by atoms with Gasteiger partial charge in [0.2, 0.25) is 11.8 Å². The first-order valence-corrected chi connectivity index (χ1v) is 23.9. The zero-order valence-electron chi connectivity index (χ0n) is 42.9. The average Bonchev–Trinajstić information content (AvgIpc) is 3.97. The maximum Gasteiger partial charge on any atom is 0.407 e. The number of carbonyl (C=O) groups is 6. The van der Waals surface area contributed by atoms with Crippen molar-refractivity contribution in [3.63, 3.8) is 0 Å². The molecule has 0 unspecified atom stereocenters. The van der Waals surface area contributed by atoms with E-state index in [1.165, 1.54) is 28.6 Å². The molecule has 2 heterocycles. The van der Waals surface area contributed by atoms with Crippen molar-refractivity contribution in [3.8, 4) is 11.5 Å². The molecule has 0 saturated carbocycles. The molecule has 2 aromatic heterocycles. The highest BCUT2D eigenvalue weighted by Gasteiger charge is 2.30. The summed E-state index contributed by atoms with van der Waals surface area (Å²) in [4.78, 5) is 81.7. The highest BCUT2D eigenvalue weighted by Crippen LogP contribution is 2.19. The Hall–Kier alpha value is -7.82. The molecule has 0 radical (unpaired) electrons. The fourth-order valence-corrected chi connectivity index (χ4v) is 7.19. The molecule has 74 heavy (non-hydrogen) atoms. The maximum atomic E-state index is 14.6. The fourth-order valence-electron chi connectivity index (χ4n) is 7.19. The number of methoxy groups -OCH3 is 4. The summed E-state index contributed by atoms with van der Waals surface area (Å²) in [7, 11) is 5.89. The second kappa shape index (κ2) is 29.0. The zero-order valence-corrected chi connectivity index (χ0v) is 42.9. The van der Waals surface area contributed by atoms with E-state index in [-0.39, 0.29) is 75.3 Å². The van der Waals surface area contributed by atoms with E-state index in [4.69, 9.17) is 33.2 Å². The smallest absolute Gasteiger partial charge is 0.407 e. The van der Waals surface area contributed by atoms with Gasteiger partial charge in [-0.15, -0.1) is 0 Å². The van der Waals surface area contributed by atoms with E-state index in [1.54, 1.807) is 115 Å². The number of aromatic nitrogens is 4. The third-order valence-corrected chi connectivity index (χ3v) is 10.9. The number of nitrogens with zero attached hydrogens (tertiary/aromatic N) is 4. The van der Waals surface area contributed by atoms with Gasteiger partial charge in [0.25, 0.3) is 11.8 Å². The van der Waals surface area contributed by atoms with Gasteiger partial charge in [-0.25, -0.2) is 9.59 Å². The number of alkyl carbamates (subject to hydrolysis) is 1. The van der Waals surface area contributed by atoms with Crippen molar-refractivity contribution in [2.45, 2.75) is 77.2 Å². The topological polar surface area (TPSA) is 263 Å². The summed E-state index contributed by atoms with van der Waals surface area (Å²) in [6, 6.07) is 23.5. The normalized spacial score (nSPS) is 11.9. The first-order chi connectivity index (χ1) is 35.6. The highest BCUT2D eigenvalue weighted by molar-refractivity contribution is 6.01. The summed E-state index contributed by atoms with van der Waals surface area (Å²) < 4.78 is 39.5. The van der Waals surface area contributed by atoms with Crippen LogP contribution in [0, 0.1) is 0 Å². The lowest BCUT2D eigenvalue weighted by Gasteiger charge is -2.23. The Kier molecular flexibility index (Phi) is 22.4. The first-order valence-electron chi connectivity index (χ1n) is 23.9. The monoisotopic (exact) mass is 1030 g/mol. The molecule has 3 aromatic carbocycles. The van der Waals surface area contributed by atoms with Crippen LogP contribution in [0.1, 0.15) is 77.7 Å². The van der Waals surface area contributed by atoms with Crippen LogP contribution in [0.25, 0.3) is 0 Å². The number of amides is 5. The van der Waals surface area contributed by atoms with Crippen LogP contribution >= 0.6 is 0 Å². The van der Waals surface area contributed by atoms with E-state index in [0.29, 0.717) is 43.1 Å². The van der Waals surface area contributed by atoms with E-state index >= 15 is 0 Å². The van der Waals surface area contributed by atoms with Gasteiger partial charge >= 0.3 is 12.1 Å². The van der Waals surface area contributed by atoms with Crippen molar-refractivity contribution >= 4 is 47.3 Å². The van der Waals surface area contributed by atoms with Gasteiger partial charge in [0.15, 0.2) is 11.6 Å². The Labute approximate surface area is 430 Å². The van der Waals surface area contributed by atoms with E-state index in [1.807, 2.05) is 6.07 Å². The number of nitrogens with one attached hydrogen (secondary N) is 5. The molecule has 0 spiro atoms. The van der Waals surface area contributed by atoms with Crippen LogP contribution in [0.3, 0.4) is 0 Å². The SMILES string of the molecule is COCCOCCOCC(=O)Nc1cc(C(=O)N[C@@H](Cc2ccccc2)C(=O)N[C@@H](CCCCNC(=O)OC(C)(C)C)C(=O)Nc2cc(C(=O)OC)n(Cc3ccc(OC)cc3)n2)n(Cc2ccc(OC)cc2)n1. The third kappa shape index (κ3) is 19.0. The number of ether oxygens (including phenoxy) is 7. The van der Waals surface area contributed by atoms with Crippen LogP contribution in [0.5, 0.6) is 11.5 Å². The number of carbonyl (C=O) groups excluding carboxylic acids is 6. The summed E-state index contributed by atoms with van der Waals surface area (Å²) in [5, 5.41) is 22.9. The highest BCUT2D eigenvalue weighted by atomic mass is 16.6. The van der Waals surface area contributed by atoms with Crippen LogP contribution in [-0.2, 0) is 57.6 Å². The van der Waals surface area contributed by atoms with Crippen LogP contribution in [0.2, 0.25) is 0 Å². The molecule has 22 nitrogen and oxygen atoms in total. The quantitative estimate of drug-likeness (QED) is 0.0320. The lowest BCUT2D eigenvalue weighted by Crippen LogP contribution is -2.53. The number of hydrogen-bond acceptors (Lipinski definition) is 15. The standard InChI is InChI=1S/C52H67N9O13/c1-52(2,3)74-51(67)53-24-12-11-15-40(47(63)57-45-31-43(50(66)71-7)61(59-45)33-37-18-22-39(70-6)23-19-37)54-48(64)41(29-35-13-9-8-10-14-35)55-49(65)42-30-44(56-46(62)34-73-28-27-72-26-25-68-4)58-60(42)32-36-16-20-38(69-5)21-17-36/h8-10,13-14,16-23,30-31,40-41H,11-12,15,24-29,32-34H2,1-7H3,(H,53,67)(H,54,64)(H,55,65)(H,56,58,62)(H,57,59,63)/t40-,41-/m0/s1. The van der Waals surface area contributed by atoms with Gasteiger partial charge in [0.1, 0.15) is 47.2 Å². The van der Waals surface area contributed by atoms with Gasteiger partial charge in [-0.1, -0.05) is 54.6 Å². The second-order valence-electron chi connectivity index (χ2n) is 17.7. The molecule has 0 aliphatic rings. The maximum absolute atomic E-state index is 14.6. The lowest BCUT2D eigenvalue weighted by atomic mass is 10.0. The number of unbranched alkanes of at least 4 members (excludes halogenated alkanes) is 1. The van der Waals surface area contributed by atoms with Gasteiger partial charge in [-0.3, -0.25) is 28.5 Å². The molecule has 5 N–H and O–H groups in total. The number of hydrogen-bond donors (Lipinski definition) is 5. The van der Waals surface area contributed by atoms with Crippen LogP contribution in [-0.4, -0.2) is 141 Å². The number of rotatable bonds is 29. The Morgan fingerprint density at radius 3 is 1.80 bits per heavy atom. The van der Waals surface area contributed by atoms with Crippen LogP contribution < -0.4 is 36.1 Å². The molecule has 22 heteroatoms. The van der Waals surface area contributed by atoms with Crippen LogP contribution in [0.4, 0.5) is 16.4 Å². The summed E-state index contributed by atoms with van der Waals surface area (Å²) in [5.41, 5.74) is 1.58. The van der Waals surface area contributed by atoms with Crippen molar-refractivity contribution in [2.75, 3.05) is 78.7 Å². The summed E-state index contributed by atoms with van der Waals surface area (Å²) in [5.74, 6) is -1.99. The van der Waals surface area contributed by atoms with Gasteiger partial charge in [0.05, 0.1) is 60.8 Å². The van der Waals surface area contributed by atoms with E-state index < -0.39 is 53.4 Å². The fraction of sp³-hybridized carbons (Fsp3) is 0.423. The molecular formula is C52H67N9O13. The average molecular weight is 1030 g/mol. The Balaban J connectivity index is 1.40. The van der Waals surface area contributed by atoms with Crippen molar-refractivity contribution in [3.05, 3.63) is 119 Å². The molecule has 0 aliphatic heterocycles. The Morgan fingerprint density at radius 2 is 1.20 bits per heavy atom. The van der Waals surface area contributed by atoms with Gasteiger partial charge < -0.3 is 59.7 Å². The minimum absolute atomic E-state index is 0.00728. The molecule has 5 rings (SSSR count). The number of esters is 1. The molecule has 2 atom stereocenters. The largest absolute Gasteiger partial charge is 0.497 e. The van der Waals surface area contributed by atoms with Gasteiger partial charge in [-0.2, -0.15) is 10.2 Å². The summed E-state index contributed by atoms with van der Waals surface area (Å²) in [6.07, 6.45) is 0.232. The minimum atomic E-state index is -1.26. The van der Waals surface area contributed by atoms with Crippen LogP contribution in [0.15, 0.2) is 91.0 Å². The predicted molar refractivity (Wildman–Crippen MR) is 272 cm³/mol. The Morgan fingerprint density at radius 1 is 0.622 bits per heavy atom. The Bertz CT molecular complexity index is 2600. The van der Waals surface area contributed by atoms with E-state index in [9.17, 15) is 28.8 Å². The molecular weight excluding hydrogens is 959 g/mol. The molecule has 0 aliphatic carbocycles.